The van der Waals surface area contributed by atoms with Crippen LogP contribution in [0.2, 0.25) is 0 Å². The summed E-state index contributed by atoms with van der Waals surface area (Å²) in [5.74, 6) is 0.151. The molecule has 85 valence electrons. The molecule has 0 saturated heterocycles. The second-order valence-corrected chi connectivity index (χ2v) is 5.10. The van der Waals surface area contributed by atoms with Gasteiger partial charge in [-0.05, 0) is 35.1 Å². The molecule has 0 unspecified atom stereocenters. The molecule has 3 heteroatoms. The van der Waals surface area contributed by atoms with Gasteiger partial charge in [-0.15, -0.1) is 11.3 Å². The Labute approximate surface area is 105 Å². The maximum Gasteiger partial charge on any atom is 0.264 e. The Bertz CT molecular complexity index is 533. The third kappa shape index (κ3) is 1.98. The Morgan fingerprint density at radius 1 is 1.35 bits per heavy atom. The lowest BCUT2D eigenvalue weighted by atomic mass is 10.00. The van der Waals surface area contributed by atoms with E-state index in [0.29, 0.717) is 0 Å². The largest absolute Gasteiger partial charge is 0.333 e. The first-order valence-electron chi connectivity index (χ1n) is 5.65. The number of thiophene rings is 1. The van der Waals surface area contributed by atoms with E-state index in [9.17, 15) is 4.79 Å². The molecular formula is C14H12NOS. The van der Waals surface area contributed by atoms with Crippen molar-refractivity contribution in [3.8, 4) is 0 Å². The Balaban J connectivity index is 1.83. The fourth-order valence-electron chi connectivity index (χ4n) is 2.15. The zero-order valence-corrected chi connectivity index (χ0v) is 10.2. The predicted octanol–water partition coefficient (Wildman–Crippen LogP) is 2.75. The van der Waals surface area contributed by atoms with E-state index in [2.05, 4.69) is 12.1 Å². The summed E-state index contributed by atoms with van der Waals surface area (Å²) in [5, 5.41) is 1.94. The normalized spacial score (nSPS) is 14.5. The molecule has 0 aliphatic carbocycles. The molecule has 2 aromatic rings. The molecule has 1 aromatic heterocycles. The smallest absolute Gasteiger partial charge is 0.264 e. The minimum atomic E-state index is 0.151. The van der Waals surface area contributed by atoms with Gasteiger partial charge in [-0.25, -0.2) is 0 Å². The number of benzene rings is 1. The first-order valence-corrected chi connectivity index (χ1v) is 6.53. The minimum Gasteiger partial charge on any atom is -0.333 e. The van der Waals surface area contributed by atoms with Crippen LogP contribution in [0.5, 0.6) is 0 Å². The molecule has 1 aliphatic rings. The lowest BCUT2D eigenvalue weighted by Gasteiger charge is -2.28. The third-order valence-electron chi connectivity index (χ3n) is 3.08. The number of carbonyl (C=O) groups is 1. The predicted molar refractivity (Wildman–Crippen MR) is 68.0 cm³/mol. The standard InChI is InChI=1S/C14H12NOS/c16-14(13-6-3-9-17-13)15-8-7-11-4-1-2-5-12(11)10-15/h2-6,9H,7-8,10H2. The van der Waals surface area contributed by atoms with E-state index in [4.69, 9.17) is 0 Å². The van der Waals surface area contributed by atoms with Crippen molar-refractivity contribution in [2.45, 2.75) is 13.0 Å². The highest BCUT2D eigenvalue weighted by Gasteiger charge is 2.21. The molecule has 1 radical (unpaired) electrons. The number of nitrogens with zero attached hydrogens (tertiary/aromatic N) is 1. The number of fused-ring (bicyclic) bond motifs is 1. The number of carbonyl (C=O) groups excluding carboxylic acids is 1. The highest BCUT2D eigenvalue weighted by Crippen LogP contribution is 2.21. The van der Waals surface area contributed by atoms with Crippen molar-refractivity contribution in [2.24, 2.45) is 0 Å². The van der Waals surface area contributed by atoms with Gasteiger partial charge in [0, 0.05) is 13.1 Å². The molecule has 0 N–H and O–H groups in total. The van der Waals surface area contributed by atoms with Gasteiger partial charge in [-0.2, -0.15) is 0 Å². The number of hydrogen-bond donors (Lipinski definition) is 0. The molecule has 1 aromatic carbocycles. The van der Waals surface area contributed by atoms with Crippen LogP contribution >= 0.6 is 11.3 Å². The summed E-state index contributed by atoms with van der Waals surface area (Å²) in [6.07, 6.45) is 0.934. The van der Waals surface area contributed by atoms with Gasteiger partial charge < -0.3 is 4.90 Å². The molecule has 0 bridgehead atoms. The number of hydrogen-bond acceptors (Lipinski definition) is 2. The topological polar surface area (TPSA) is 20.3 Å². The van der Waals surface area contributed by atoms with Crippen LogP contribution in [-0.4, -0.2) is 17.4 Å². The number of rotatable bonds is 1. The third-order valence-corrected chi connectivity index (χ3v) is 3.94. The molecule has 2 heterocycles. The lowest BCUT2D eigenvalue weighted by Crippen LogP contribution is -2.35. The summed E-state index contributed by atoms with van der Waals surface area (Å²) in [6, 6.07) is 12.9. The minimum absolute atomic E-state index is 0.151. The molecule has 0 atom stereocenters. The van der Waals surface area contributed by atoms with Crippen molar-refractivity contribution < 1.29 is 4.79 Å². The zero-order valence-electron chi connectivity index (χ0n) is 9.35. The van der Waals surface area contributed by atoms with Crippen LogP contribution in [0, 0.1) is 6.07 Å². The second kappa shape index (κ2) is 4.34. The zero-order chi connectivity index (χ0) is 11.7. The molecular weight excluding hydrogens is 230 g/mol. The van der Waals surface area contributed by atoms with Gasteiger partial charge in [-0.3, -0.25) is 4.79 Å². The summed E-state index contributed by atoms with van der Waals surface area (Å²) < 4.78 is 0. The SMILES string of the molecule is O=C(c1cccs1)N1CCc2c[c]ccc2C1. The van der Waals surface area contributed by atoms with Gasteiger partial charge in [-0.1, -0.05) is 24.3 Å². The van der Waals surface area contributed by atoms with E-state index in [1.807, 2.05) is 34.5 Å². The Kier molecular flexibility index (Phi) is 2.69. The maximum absolute atomic E-state index is 12.2. The van der Waals surface area contributed by atoms with Gasteiger partial charge >= 0.3 is 0 Å². The molecule has 17 heavy (non-hydrogen) atoms. The second-order valence-electron chi connectivity index (χ2n) is 4.15. The first-order chi connectivity index (χ1) is 8.34. The summed E-state index contributed by atoms with van der Waals surface area (Å²) in [6.45, 7) is 1.53. The van der Waals surface area contributed by atoms with Crippen LogP contribution in [0.3, 0.4) is 0 Å². The quantitative estimate of drug-likeness (QED) is 0.753. The Morgan fingerprint density at radius 2 is 2.29 bits per heavy atom. The number of amides is 1. The van der Waals surface area contributed by atoms with E-state index >= 15 is 0 Å². The summed E-state index contributed by atoms with van der Waals surface area (Å²) in [5.41, 5.74) is 2.57. The van der Waals surface area contributed by atoms with Gasteiger partial charge in [0.2, 0.25) is 0 Å². The van der Waals surface area contributed by atoms with Crippen LogP contribution in [0.4, 0.5) is 0 Å². The molecule has 0 spiro atoms. The molecule has 2 nitrogen and oxygen atoms in total. The van der Waals surface area contributed by atoms with E-state index in [-0.39, 0.29) is 5.91 Å². The molecule has 1 amide bonds. The van der Waals surface area contributed by atoms with Gasteiger partial charge in [0.15, 0.2) is 0 Å². The van der Waals surface area contributed by atoms with Crippen molar-refractivity contribution in [3.63, 3.8) is 0 Å². The van der Waals surface area contributed by atoms with E-state index in [1.165, 1.54) is 22.5 Å². The molecule has 1 aliphatic heterocycles. The van der Waals surface area contributed by atoms with Crippen molar-refractivity contribution in [2.75, 3.05) is 6.54 Å². The molecule has 0 fully saturated rings. The summed E-state index contributed by atoms with van der Waals surface area (Å²) >= 11 is 1.51. The summed E-state index contributed by atoms with van der Waals surface area (Å²) in [4.78, 5) is 15.0. The van der Waals surface area contributed by atoms with E-state index in [1.54, 1.807) is 0 Å². The van der Waals surface area contributed by atoms with Crippen molar-refractivity contribution >= 4 is 17.2 Å². The average molecular weight is 242 g/mol. The van der Waals surface area contributed by atoms with Gasteiger partial charge in [0.25, 0.3) is 5.91 Å². The van der Waals surface area contributed by atoms with Crippen molar-refractivity contribution in [1.29, 1.82) is 0 Å². The van der Waals surface area contributed by atoms with E-state index in [0.717, 1.165) is 24.4 Å². The van der Waals surface area contributed by atoms with Crippen molar-refractivity contribution in [1.82, 2.24) is 4.90 Å². The van der Waals surface area contributed by atoms with Crippen LogP contribution in [0.25, 0.3) is 0 Å². The van der Waals surface area contributed by atoms with Crippen LogP contribution < -0.4 is 0 Å². The van der Waals surface area contributed by atoms with Gasteiger partial charge in [0.1, 0.15) is 0 Å². The fraction of sp³-hybridized carbons (Fsp3) is 0.214. The van der Waals surface area contributed by atoms with Crippen LogP contribution in [-0.2, 0) is 13.0 Å². The fourth-order valence-corrected chi connectivity index (χ4v) is 2.84. The van der Waals surface area contributed by atoms with Gasteiger partial charge in [0.05, 0.1) is 4.88 Å². The van der Waals surface area contributed by atoms with Crippen LogP contribution in [0.15, 0.2) is 35.7 Å². The average Bonchev–Trinajstić information content (AvgIpc) is 2.91. The monoisotopic (exact) mass is 242 g/mol. The molecule has 3 rings (SSSR count). The highest BCUT2D eigenvalue weighted by molar-refractivity contribution is 7.12. The highest BCUT2D eigenvalue weighted by atomic mass is 32.1. The first kappa shape index (κ1) is 10.5. The summed E-state index contributed by atoms with van der Waals surface area (Å²) in [7, 11) is 0. The molecule has 0 saturated carbocycles. The van der Waals surface area contributed by atoms with E-state index < -0.39 is 0 Å². The van der Waals surface area contributed by atoms with Crippen LogP contribution in [0.1, 0.15) is 20.8 Å². The van der Waals surface area contributed by atoms with Crippen molar-refractivity contribution in [3.05, 3.63) is 57.8 Å². The Hall–Kier alpha value is -1.61. The Morgan fingerprint density at radius 3 is 3.12 bits per heavy atom. The lowest BCUT2D eigenvalue weighted by molar-refractivity contribution is 0.0739. The maximum atomic E-state index is 12.2.